The van der Waals surface area contributed by atoms with E-state index < -0.39 is 17.9 Å². The number of aliphatic hydroxyl groups is 1. The number of hydrogen-bond acceptors (Lipinski definition) is 6. The average Bonchev–Trinajstić information content (AvgIpc) is 3.37. The molecular formula is C17H16N2O6. The predicted octanol–water partition coefficient (Wildman–Crippen LogP) is 1.60. The quantitative estimate of drug-likeness (QED) is 0.585. The Morgan fingerprint density at radius 3 is 2.44 bits per heavy atom. The lowest BCUT2D eigenvalue weighted by atomic mass is 10.2. The highest BCUT2D eigenvalue weighted by atomic mass is 16.4. The first kappa shape index (κ1) is 16.6. The van der Waals surface area contributed by atoms with Crippen LogP contribution in [0.1, 0.15) is 17.6 Å². The lowest BCUT2D eigenvalue weighted by molar-refractivity contribution is -0.139. The van der Waals surface area contributed by atoms with Gasteiger partial charge in [0.05, 0.1) is 25.6 Å². The number of rotatable bonds is 6. The molecule has 8 nitrogen and oxygen atoms in total. The Bertz CT molecular complexity index is 819. The molecule has 0 saturated carbocycles. The van der Waals surface area contributed by atoms with Crippen molar-refractivity contribution in [3.63, 3.8) is 0 Å². The number of nitrogens with one attached hydrogen (secondary N) is 2. The van der Waals surface area contributed by atoms with Crippen molar-refractivity contribution in [3.8, 4) is 11.5 Å². The minimum atomic E-state index is -1.09. The maximum atomic E-state index is 11.7. The van der Waals surface area contributed by atoms with Crippen LogP contribution in [0.2, 0.25) is 0 Å². The van der Waals surface area contributed by atoms with Gasteiger partial charge >= 0.3 is 11.8 Å². The monoisotopic (exact) mass is 344 g/mol. The van der Waals surface area contributed by atoms with Crippen molar-refractivity contribution in [1.29, 1.82) is 0 Å². The zero-order valence-corrected chi connectivity index (χ0v) is 13.1. The van der Waals surface area contributed by atoms with Gasteiger partial charge in [0, 0.05) is 0 Å². The number of carbonyl (C=O) groups is 2. The van der Waals surface area contributed by atoms with Gasteiger partial charge in [-0.05, 0) is 36.4 Å². The van der Waals surface area contributed by atoms with Gasteiger partial charge in [0.2, 0.25) is 0 Å². The molecule has 0 aliphatic heterocycles. The van der Waals surface area contributed by atoms with Gasteiger partial charge in [-0.25, -0.2) is 0 Å². The third kappa shape index (κ3) is 4.18. The summed E-state index contributed by atoms with van der Waals surface area (Å²) in [5.74, 6) is 0.0917. The van der Waals surface area contributed by atoms with Crippen LogP contribution in [0.5, 0.6) is 0 Å². The molecule has 0 aliphatic carbocycles. The highest BCUT2D eigenvalue weighted by Gasteiger charge is 2.18. The fourth-order valence-corrected chi connectivity index (χ4v) is 2.11. The van der Waals surface area contributed by atoms with Crippen LogP contribution >= 0.6 is 0 Å². The third-order valence-electron chi connectivity index (χ3n) is 3.38. The molecular weight excluding hydrogens is 328 g/mol. The Labute approximate surface area is 142 Å². The van der Waals surface area contributed by atoms with Gasteiger partial charge < -0.3 is 29.0 Å². The van der Waals surface area contributed by atoms with Crippen molar-refractivity contribution in [1.82, 2.24) is 10.6 Å². The van der Waals surface area contributed by atoms with Crippen LogP contribution < -0.4 is 10.6 Å². The Balaban J connectivity index is 1.47. The van der Waals surface area contributed by atoms with E-state index in [9.17, 15) is 14.7 Å². The fourth-order valence-electron chi connectivity index (χ4n) is 2.11. The van der Waals surface area contributed by atoms with Crippen molar-refractivity contribution < 1.29 is 27.9 Å². The Hall–Kier alpha value is -3.26. The van der Waals surface area contributed by atoms with Crippen LogP contribution in [-0.2, 0) is 16.1 Å². The first-order valence-electron chi connectivity index (χ1n) is 7.53. The molecule has 1 unspecified atom stereocenters. The maximum absolute atomic E-state index is 11.7. The van der Waals surface area contributed by atoms with E-state index in [1.54, 1.807) is 36.4 Å². The number of hydrogen-bond donors (Lipinski definition) is 3. The first-order chi connectivity index (χ1) is 12.1. The molecule has 1 atom stereocenters. The second kappa shape index (κ2) is 7.54. The Morgan fingerprint density at radius 2 is 1.72 bits per heavy atom. The van der Waals surface area contributed by atoms with Crippen LogP contribution in [0, 0.1) is 0 Å². The minimum absolute atomic E-state index is 0.104. The maximum Gasteiger partial charge on any atom is 0.309 e. The summed E-state index contributed by atoms with van der Waals surface area (Å²) < 4.78 is 15.7. The normalized spacial score (nSPS) is 11.9. The van der Waals surface area contributed by atoms with Crippen LogP contribution in [0.4, 0.5) is 0 Å². The molecule has 0 aromatic carbocycles. The molecule has 0 fully saturated rings. The van der Waals surface area contributed by atoms with E-state index in [4.69, 9.17) is 13.3 Å². The summed E-state index contributed by atoms with van der Waals surface area (Å²) in [6, 6.07) is 10.0. The van der Waals surface area contributed by atoms with Crippen molar-refractivity contribution >= 4 is 11.8 Å². The summed E-state index contributed by atoms with van der Waals surface area (Å²) >= 11 is 0. The summed E-state index contributed by atoms with van der Waals surface area (Å²) in [4.78, 5) is 23.4. The lowest BCUT2D eigenvalue weighted by Gasteiger charge is -2.09. The molecule has 3 N–H and O–H groups in total. The number of amides is 2. The molecule has 130 valence electrons. The van der Waals surface area contributed by atoms with E-state index in [0.717, 1.165) is 0 Å². The summed E-state index contributed by atoms with van der Waals surface area (Å²) in [6.07, 6.45) is 1.89. The number of furan rings is 3. The highest BCUT2D eigenvalue weighted by Crippen LogP contribution is 2.25. The largest absolute Gasteiger partial charge is 0.467 e. The lowest BCUT2D eigenvalue weighted by Crippen LogP contribution is -2.41. The zero-order chi connectivity index (χ0) is 17.6. The third-order valence-corrected chi connectivity index (χ3v) is 3.38. The van der Waals surface area contributed by atoms with Crippen LogP contribution in [-0.4, -0.2) is 23.5 Å². The molecule has 0 spiro atoms. The van der Waals surface area contributed by atoms with E-state index in [0.29, 0.717) is 17.3 Å². The molecule has 3 rings (SSSR count). The van der Waals surface area contributed by atoms with Gasteiger partial charge in [-0.1, -0.05) is 0 Å². The number of carbonyl (C=O) groups excluding carboxylic acids is 2. The molecule has 3 aromatic rings. The Morgan fingerprint density at radius 1 is 0.960 bits per heavy atom. The standard InChI is InChI=1S/C17H16N2O6/c20-12(13-5-6-15(25-13)14-4-2-8-24-14)10-19-17(22)16(21)18-9-11-3-1-7-23-11/h1-8,12,20H,9-10H2,(H,18,21)(H,19,22). The SMILES string of the molecule is O=C(NCc1ccco1)C(=O)NCC(O)c1ccc(-c2ccco2)o1. The van der Waals surface area contributed by atoms with Gasteiger partial charge in [-0.3, -0.25) is 9.59 Å². The van der Waals surface area contributed by atoms with Crippen molar-refractivity contribution in [2.24, 2.45) is 0 Å². The van der Waals surface area contributed by atoms with E-state index in [1.165, 1.54) is 12.5 Å². The molecule has 3 aromatic heterocycles. The van der Waals surface area contributed by atoms with Gasteiger partial charge in [-0.15, -0.1) is 0 Å². The molecule has 0 aliphatic rings. The molecule has 25 heavy (non-hydrogen) atoms. The highest BCUT2D eigenvalue weighted by molar-refractivity contribution is 6.35. The second-order valence-electron chi connectivity index (χ2n) is 5.17. The summed E-state index contributed by atoms with van der Waals surface area (Å²) in [6.45, 7) is -0.0649. The van der Waals surface area contributed by atoms with Gasteiger partial charge in [0.1, 0.15) is 17.6 Å². The van der Waals surface area contributed by atoms with E-state index in [2.05, 4.69) is 10.6 Å². The van der Waals surface area contributed by atoms with Gasteiger partial charge in [0.25, 0.3) is 0 Å². The summed E-state index contributed by atoms with van der Waals surface area (Å²) in [5.41, 5.74) is 0. The van der Waals surface area contributed by atoms with E-state index in [1.807, 2.05) is 0 Å². The molecule has 0 bridgehead atoms. The molecule has 8 heteroatoms. The predicted molar refractivity (Wildman–Crippen MR) is 84.9 cm³/mol. The number of aliphatic hydroxyl groups excluding tert-OH is 1. The molecule has 0 saturated heterocycles. The molecule has 2 amide bonds. The average molecular weight is 344 g/mol. The Kier molecular flexibility index (Phi) is 5.00. The molecule has 3 heterocycles. The smallest absolute Gasteiger partial charge is 0.309 e. The van der Waals surface area contributed by atoms with E-state index >= 15 is 0 Å². The van der Waals surface area contributed by atoms with E-state index in [-0.39, 0.29) is 18.8 Å². The van der Waals surface area contributed by atoms with Crippen LogP contribution in [0.25, 0.3) is 11.5 Å². The second-order valence-corrected chi connectivity index (χ2v) is 5.17. The summed E-state index contributed by atoms with van der Waals surface area (Å²) in [5, 5.41) is 14.8. The van der Waals surface area contributed by atoms with Crippen LogP contribution in [0.15, 0.2) is 62.2 Å². The minimum Gasteiger partial charge on any atom is -0.467 e. The summed E-state index contributed by atoms with van der Waals surface area (Å²) in [7, 11) is 0. The van der Waals surface area contributed by atoms with Crippen LogP contribution in [0.3, 0.4) is 0 Å². The molecule has 0 radical (unpaired) electrons. The van der Waals surface area contributed by atoms with Crippen molar-refractivity contribution in [3.05, 3.63) is 60.4 Å². The zero-order valence-electron chi connectivity index (χ0n) is 13.1. The van der Waals surface area contributed by atoms with Gasteiger partial charge in [-0.2, -0.15) is 0 Å². The fraction of sp³-hybridized carbons (Fsp3) is 0.176. The van der Waals surface area contributed by atoms with Gasteiger partial charge in [0.15, 0.2) is 11.5 Å². The van der Waals surface area contributed by atoms with Crippen molar-refractivity contribution in [2.75, 3.05) is 6.54 Å². The first-order valence-corrected chi connectivity index (χ1v) is 7.53. The van der Waals surface area contributed by atoms with Crippen molar-refractivity contribution in [2.45, 2.75) is 12.6 Å². The topological polar surface area (TPSA) is 118 Å².